The van der Waals surface area contributed by atoms with Crippen molar-refractivity contribution in [3.8, 4) is 0 Å². The van der Waals surface area contributed by atoms with Crippen molar-refractivity contribution in [2.24, 2.45) is 0 Å². The molecule has 4 rings (SSSR count). The number of furan rings is 1. The summed E-state index contributed by atoms with van der Waals surface area (Å²) in [4.78, 5) is 36.8. The number of rotatable bonds is 6. The molecule has 2 aromatic heterocycles. The van der Waals surface area contributed by atoms with Crippen LogP contribution >= 0.6 is 0 Å². The van der Waals surface area contributed by atoms with Gasteiger partial charge in [-0.3, -0.25) is 14.9 Å². The highest BCUT2D eigenvalue weighted by Gasteiger charge is 2.27. The van der Waals surface area contributed by atoms with E-state index < -0.39 is 4.92 Å². The van der Waals surface area contributed by atoms with Crippen LogP contribution in [0.5, 0.6) is 0 Å². The third-order valence-electron chi connectivity index (χ3n) is 5.85. The normalized spacial score (nSPS) is 14.1. The lowest BCUT2D eigenvalue weighted by Gasteiger charge is -2.36. The number of nitrogens with zero attached hydrogens (tertiary/aromatic N) is 5. The smallest absolute Gasteiger partial charge is 0.289 e. The third-order valence-corrected chi connectivity index (χ3v) is 5.85. The van der Waals surface area contributed by atoms with E-state index in [2.05, 4.69) is 18.7 Å². The monoisotopic (exact) mass is 449 g/mol. The fourth-order valence-electron chi connectivity index (χ4n) is 3.95. The van der Waals surface area contributed by atoms with Crippen LogP contribution in [0.25, 0.3) is 0 Å². The average molecular weight is 450 g/mol. The van der Waals surface area contributed by atoms with Crippen molar-refractivity contribution in [3.63, 3.8) is 0 Å². The summed E-state index contributed by atoms with van der Waals surface area (Å²) in [6, 6.07) is 9.99. The maximum Gasteiger partial charge on any atom is 0.289 e. The average Bonchev–Trinajstić information content (AvgIpc) is 3.35. The van der Waals surface area contributed by atoms with E-state index in [1.165, 1.54) is 18.4 Å². The lowest BCUT2D eigenvalue weighted by atomic mass is 10.0. The molecule has 0 atom stereocenters. The van der Waals surface area contributed by atoms with Gasteiger partial charge in [-0.15, -0.1) is 0 Å². The van der Waals surface area contributed by atoms with Crippen molar-refractivity contribution in [1.82, 2.24) is 14.9 Å². The van der Waals surface area contributed by atoms with Gasteiger partial charge in [0.1, 0.15) is 11.6 Å². The van der Waals surface area contributed by atoms with E-state index in [0.717, 1.165) is 28.5 Å². The topological polar surface area (TPSA) is 106 Å². The number of nitro benzene ring substituents is 1. The van der Waals surface area contributed by atoms with Crippen LogP contribution in [0.4, 0.5) is 11.5 Å². The first kappa shape index (κ1) is 22.4. The fraction of sp³-hybridized carbons (Fsp3) is 0.375. The Balaban J connectivity index is 1.58. The first-order chi connectivity index (χ1) is 15.8. The zero-order valence-electron chi connectivity index (χ0n) is 19.0. The first-order valence-electron chi connectivity index (χ1n) is 11.0. The molecule has 1 saturated heterocycles. The van der Waals surface area contributed by atoms with Crippen molar-refractivity contribution in [3.05, 3.63) is 81.2 Å². The molecule has 3 aromatic rings. The quantitative estimate of drug-likeness (QED) is 0.414. The van der Waals surface area contributed by atoms with E-state index >= 15 is 0 Å². The molecule has 0 radical (unpaired) electrons. The zero-order valence-corrected chi connectivity index (χ0v) is 19.0. The molecule has 0 unspecified atom stereocenters. The fourth-order valence-corrected chi connectivity index (χ4v) is 3.95. The zero-order chi connectivity index (χ0) is 23.5. The van der Waals surface area contributed by atoms with Gasteiger partial charge in [-0.05, 0) is 24.6 Å². The molecule has 0 bridgehead atoms. The van der Waals surface area contributed by atoms with Crippen LogP contribution in [0.1, 0.15) is 53.0 Å². The maximum atomic E-state index is 12.6. The summed E-state index contributed by atoms with van der Waals surface area (Å²) in [5, 5.41) is 11.0. The standard InChI is InChI=1S/C24H27N5O4/c1-16(2)22-25-17(3)20(15-18-6-8-19(9-7-18)29(31)32)23(26-22)27-10-12-28(13-11-27)24(30)21-5-4-14-33-21/h4-9,14,16H,10-13,15H2,1-3H3. The number of carbonyl (C=O) groups excluding carboxylic acids is 1. The highest BCUT2D eigenvalue weighted by Crippen LogP contribution is 2.28. The second kappa shape index (κ2) is 9.40. The lowest BCUT2D eigenvalue weighted by molar-refractivity contribution is -0.384. The molecule has 0 aliphatic carbocycles. The molecule has 9 nitrogen and oxygen atoms in total. The van der Waals surface area contributed by atoms with Gasteiger partial charge < -0.3 is 14.2 Å². The van der Waals surface area contributed by atoms with E-state index in [4.69, 9.17) is 14.4 Å². The number of amides is 1. The molecule has 1 aliphatic heterocycles. The summed E-state index contributed by atoms with van der Waals surface area (Å²) >= 11 is 0. The number of nitro groups is 1. The minimum atomic E-state index is -0.398. The number of hydrogen-bond acceptors (Lipinski definition) is 7. The molecule has 172 valence electrons. The number of anilines is 1. The second-order valence-corrected chi connectivity index (χ2v) is 8.48. The van der Waals surface area contributed by atoms with E-state index in [1.54, 1.807) is 29.2 Å². The maximum absolute atomic E-state index is 12.6. The summed E-state index contributed by atoms with van der Waals surface area (Å²) in [7, 11) is 0. The van der Waals surface area contributed by atoms with Gasteiger partial charge >= 0.3 is 0 Å². The Labute approximate surface area is 192 Å². The number of hydrogen-bond donors (Lipinski definition) is 0. The van der Waals surface area contributed by atoms with Crippen molar-refractivity contribution < 1.29 is 14.1 Å². The van der Waals surface area contributed by atoms with E-state index in [-0.39, 0.29) is 17.5 Å². The summed E-state index contributed by atoms with van der Waals surface area (Å²) in [5.74, 6) is 2.08. The van der Waals surface area contributed by atoms with Crippen LogP contribution in [0.2, 0.25) is 0 Å². The van der Waals surface area contributed by atoms with Gasteiger partial charge in [0, 0.05) is 61.9 Å². The van der Waals surface area contributed by atoms with Crippen LogP contribution in [0.3, 0.4) is 0 Å². The van der Waals surface area contributed by atoms with Crippen molar-refractivity contribution in [1.29, 1.82) is 0 Å². The molecule has 1 aliphatic rings. The van der Waals surface area contributed by atoms with Gasteiger partial charge in [0.2, 0.25) is 0 Å². The predicted octanol–water partition coefficient (Wildman–Crippen LogP) is 3.96. The Morgan fingerprint density at radius 3 is 2.39 bits per heavy atom. The van der Waals surface area contributed by atoms with Crippen molar-refractivity contribution in [2.75, 3.05) is 31.1 Å². The number of aryl methyl sites for hydroxylation is 1. The molecule has 1 amide bonds. The number of aromatic nitrogens is 2. The molecular weight excluding hydrogens is 422 g/mol. The SMILES string of the molecule is Cc1nc(C(C)C)nc(N2CCN(C(=O)c3ccco3)CC2)c1Cc1ccc([N+](=O)[O-])cc1. The Morgan fingerprint density at radius 1 is 1.12 bits per heavy atom. The number of carbonyl (C=O) groups is 1. The highest BCUT2D eigenvalue weighted by molar-refractivity contribution is 5.91. The third kappa shape index (κ3) is 4.87. The van der Waals surface area contributed by atoms with Gasteiger partial charge in [0.15, 0.2) is 5.76 Å². The Morgan fingerprint density at radius 2 is 1.82 bits per heavy atom. The van der Waals surface area contributed by atoms with E-state index in [1.807, 2.05) is 6.92 Å². The Kier molecular flexibility index (Phi) is 6.39. The van der Waals surface area contributed by atoms with Gasteiger partial charge in [-0.1, -0.05) is 26.0 Å². The van der Waals surface area contributed by atoms with E-state index in [0.29, 0.717) is 38.4 Å². The van der Waals surface area contributed by atoms with Crippen LogP contribution in [-0.4, -0.2) is 51.9 Å². The Hall–Kier alpha value is -3.75. The molecule has 1 aromatic carbocycles. The van der Waals surface area contributed by atoms with Crippen molar-refractivity contribution in [2.45, 2.75) is 33.1 Å². The molecule has 9 heteroatoms. The largest absolute Gasteiger partial charge is 0.459 e. The molecule has 3 heterocycles. The lowest BCUT2D eigenvalue weighted by Crippen LogP contribution is -2.49. The van der Waals surface area contributed by atoms with Crippen molar-refractivity contribution >= 4 is 17.4 Å². The summed E-state index contributed by atoms with van der Waals surface area (Å²) in [6.07, 6.45) is 2.08. The number of non-ortho nitro benzene ring substituents is 1. The number of piperazine rings is 1. The molecule has 0 N–H and O–H groups in total. The molecule has 0 saturated carbocycles. The predicted molar refractivity (Wildman–Crippen MR) is 124 cm³/mol. The van der Waals surface area contributed by atoms with Gasteiger partial charge in [0.25, 0.3) is 11.6 Å². The van der Waals surface area contributed by atoms with Gasteiger partial charge in [0.05, 0.1) is 11.2 Å². The summed E-state index contributed by atoms with van der Waals surface area (Å²) < 4.78 is 5.26. The second-order valence-electron chi connectivity index (χ2n) is 8.48. The van der Waals surface area contributed by atoms with Crippen LogP contribution in [0, 0.1) is 17.0 Å². The Bertz CT molecular complexity index is 1130. The highest BCUT2D eigenvalue weighted by atomic mass is 16.6. The minimum Gasteiger partial charge on any atom is -0.459 e. The van der Waals surface area contributed by atoms with Gasteiger partial charge in [-0.2, -0.15) is 0 Å². The van der Waals surface area contributed by atoms with E-state index in [9.17, 15) is 14.9 Å². The molecule has 33 heavy (non-hydrogen) atoms. The molecule has 1 fully saturated rings. The van der Waals surface area contributed by atoms with Crippen LogP contribution in [-0.2, 0) is 6.42 Å². The summed E-state index contributed by atoms with van der Waals surface area (Å²) in [5.41, 5.74) is 2.92. The van der Waals surface area contributed by atoms with Gasteiger partial charge in [-0.25, -0.2) is 9.97 Å². The van der Waals surface area contributed by atoms with Crippen LogP contribution in [0.15, 0.2) is 47.1 Å². The molecule has 0 spiro atoms. The summed E-state index contributed by atoms with van der Waals surface area (Å²) in [6.45, 7) is 8.53. The minimum absolute atomic E-state index is 0.0689. The van der Waals surface area contributed by atoms with Crippen LogP contribution < -0.4 is 4.90 Å². The molecular formula is C24H27N5O4. The first-order valence-corrected chi connectivity index (χ1v) is 11.0. The number of benzene rings is 1.